The summed E-state index contributed by atoms with van der Waals surface area (Å²) in [6.07, 6.45) is 8.61. The first-order chi connectivity index (χ1) is 13.6. The van der Waals surface area contributed by atoms with Gasteiger partial charge in [0.05, 0.1) is 4.90 Å². The largest absolute Gasteiger partial charge is 0.481 e. The Labute approximate surface area is 187 Å². The molecule has 3 saturated carbocycles. The highest BCUT2D eigenvalue weighted by Crippen LogP contribution is 2.62. The van der Waals surface area contributed by atoms with Crippen LogP contribution in [0.15, 0.2) is 41.3 Å². The smallest absolute Gasteiger partial charge is 0.303 e. The van der Waals surface area contributed by atoms with E-state index < -0.39 is 16.0 Å². The van der Waals surface area contributed by atoms with E-state index >= 15 is 0 Å². The van der Waals surface area contributed by atoms with Crippen molar-refractivity contribution in [2.45, 2.75) is 63.3 Å². The van der Waals surface area contributed by atoms with Gasteiger partial charge < -0.3 is 5.11 Å². The number of nitrogens with one attached hydrogen (secondary N) is 1. The molecule has 0 amide bonds. The van der Waals surface area contributed by atoms with Gasteiger partial charge in [0.1, 0.15) is 0 Å². The van der Waals surface area contributed by atoms with Gasteiger partial charge in [-0.2, -0.15) is 0 Å². The van der Waals surface area contributed by atoms with Crippen molar-refractivity contribution in [3.05, 3.63) is 40.0 Å². The number of carboxylic acids is 1. The molecule has 1 aromatic rings. The van der Waals surface area contributed by atoms with Gasteiger partial charge >= 0.3 is 5.97 Å². The Kier molecular flexibility index (Phi) is 7.10. The second kappa shape index (κ2) is 9.06. The minimum Gasteiger partial charge on any atom is -0.481 e. The number of aliphatic carboxylic acids is 1. The molecular weight excluding hydrogens is 501 g/mol. The molecule has 4 rings (SSSR count). The van der Waals surface area contributed by atoms with Gasteiger partial charge in [-0.3, -0.25) is 4.79 Å². The highest BCUT2D eigenvalue weighted by Gasteiger charge is 2.57. The first kappa shape index (κ1) is 22.7. The molecule has 0 radical (unpaired) electrons. The molecule has 0 aromatic heterocycles. The minimum atomic E-state index is -3.54. The number of carbonyl (C=O) groups is 1. The summed E-state index contributed by atoms with van der Waals surface area (Å²) in [6.45, 7) is 4.61. The van der Waals surface area contributed by atoms with Gasteiger partial charge in [-0.15, -0.1) is 0 Å². The molecule has 0 unspecified atom stereocenters. The van der Waals surface area contributed by atoms with E-state index in [1.165, 1.54) is 6.42 Å². The molecule has 0 heterocycles. The van der Waals surface area contributed by atoms with Gasteiger partial charge in [-0.05, 0) is 102 Å². The first-order valence-electron chi connectivity index (χ1n) is 10.3. The predicted molar refractivity (Wildman–Crippen MR) is 122 cm³/mol. The van der Waals surface area contributed by atoms with Crippen LogP contribution in [0.25, 0.3) is 0 Å². The number of sulfonamides is 1. The zero-order valence-electron chi connectivity index (χ0n) is 17.0. The van der Waals surface area contributed by atoms with Crippen molar-refractivity contribution < 1.29 is 18.3 Å². The van der Waals surface area contributed by atoms with Crippen LogP contribution in [-0.2, 0) is 14.8 Å². The lowest BCUT2D eigenvalue weighted by atomic mass is 9.44. The van der Waals surface area contributed by atoms with Crippen LogP contribution in [0.4, 0.5) is 0 Å². The number of halogens is 1. The number of carboxylic acid groups (broad SMARTS) is 1. The van der Waals surface area contributed by atoms with E-state index in [1.54, 1.807) is 12.1 Å². The highest BCUT2D eigenvalue weighted by atomic mass is 127. The SMILES string of the molecule is CC1(C)[C@H]2C[C@@H]1[C@@H](C/C=C\CCCC(=O)O)[C@H](NS(=O)(=O)c1ccc(I)cc1)C2. The van der Waals surface area contributed by atoms with Crippen LogP contribution >= 0.6 is 22.6 Å². The molecule has 3 aliphatic rings. The van der Waals surface area contributed by atoms with Crippen LogP contribution in [0.5, 0.6) is 0 Å². The summed E-state index contributed by atoms with van der Waals surface area (Å²) >= 11 is 2.17. The van der Waals surface area contributed by atoms with Crippen molar-refractivity contribution in [2.24, 2.45) is 23.2 Å². The van der Waals surface area contributed by atoms with Crippen LogP contribution in [0.2, 0.25) is 0 Å². The number of hydrogen-bond donors (Lipinski definition) is 2. The molecule has 7 heteroatoms. The third-order valence-electron chi connectivity index (χ3n) is 6.89. The normalized spacial score (nSPS) is 28.2. The fraction of sp³-hybridized carbons (Fsp3) is 0.591. The van der Waals surface area contributed by atoms with Gasteiger partial charge in [0.15, 0.2) is 0 Å². The van der Waals surface area contributed by atoms with Gasteiger partial charge in [-0.1, -0.05) is 26.0 Å². The van der Waals surface area contributed by atoms with Crippen molar-refractivity contribution in [1.29, 1.82) is 0 Å². The molecule has 0 aliphatic heterocycles. The zero-order chi connectivity index (χ0) is 21.2. The zero-order valence-corrected chi connectivity index (χ0v) is 19.9. The van der Waals surface area contributed by atoms with Crippen LogP contribution in [0.3, 0.4) is 0 Å². The molecule has 160 valence electrons. The second-order valence-corrected chi connectivity index (χ2v) is 11.9. The molecule has 3 aliphatic carbocycles. The van der Waals surface area contributed by atoms with E-state index in [2.05, 4.69) is 47.2 Å². The number of unbranched alkanes of at least 4 members (excludes halogenated alkanes) is 1. The predicted octanol–water partition coefficient (Wildman–Crippen LogP) is 4.82. The summed E-state index contributed by atoms with van der Waals surface area (Å²) in [5.74, 6) is 0.574. The Morgan fingerprint density at radius 3 is 2.55 bits per heavy atom. The van der Waals surface area contributed by atoms with E-state index in [0.29, 0.717) is 23.2 Å². The standard InChI is InChI=1S/C22H30INO4S/c1-22(2)15-13-19(22)18(7-5-3-4-6-8-21(25)26)20(14-15)24-29(27,28)17-11-9-16(23)10-12-17/h3,5,9-12,15,18-20,24H,4,6-8,13-14H2,1-2H3,(H,25,26)/b5-3-/t15-,18+,19+,20+/m0/s1. The highest BCUT2D eigenvalue weighted by molar-refractivity contribution is 14.1. The summed E-state index contributed by atoms with van der Waals surface area (Å²) in [5.41, 5.74) is 0.257. The van der Waals surface area contributed by atoms with E-state index in [4.69, 9.17) is 5.11 Å². The molecule has 29 heavy (non-hydrogen) atoms. The number of rotatable bonds is 9. The Bertz CT molecular complexity index is 863. The second-order valence-electron chi connectivity index (χ2n) is 8.93. The van der Waals surface area contributed by atoms with Crippen LogP contribution in [-0.4, -0.2) is 25.5 Å². The Balaban J connectivity index is 1.68. The number of fused-ring (bicyclic) bond motifs is 2. The molecule has 0 spiro atoms. The maximum absolute atomic E-state index is 12.9. The molecule has 0 saturated heterocycles. The average Bonchev–Trinajstić information content (AvgIpc) is 2.64. The Morgan fingerprint density at radius 2 is 1.93 bits per heavy atom. The molecule has 2 N–H and O–H groups in total. The van der Waals surface area contributed by atoms with E-state index in [0.717, 1.165) is 22.8 Å². The van der Waals surface area contributed by atoms with E-state index in [9.17, 15) is 13.2 Å². The summed E-state index contributed by atoms with van der Waals surface area (Å²) < 4.78 is 29.9. The van der Waals surface area contributed by atoms with E-state index in [-0.39, 0.29) is 23.8 Å². The monoisotopic (exact) mass is 531 g/mol. The molecule has 1 aromatic carbocycles. The maximum Gasteiger partial charge on any atom is 0.303 e. The molecule has 4 atom stereocenters. The molecule has 5 nitrogen and oxygen atoms in total. The Hall–Kier alpha value is -0.930. The van der Waals surface area contributed by atoms with Crippen molar-refractivity contribution in [2.75, 3.05) is 0 Å². The fourth-order valence-corrected chi connectivity index (χ4v) is 6.69. The summed E-state index contributed by atoms with van der Waals surface area (Å²) in [7, 11) is -3.54. The lowest BCUT2D eigenvalue weighted by Gasteiger charge is -2.62. The molecule has 3 fully saturated rings. The lowest BCUT2D eigenvalue weighted by Crippen LogP contribution is -2.61. The summed E-state index contributed by atoms with van der Waals surface area (Å²) in [4.78, 5) is 10.9. The Morgan fingerprint density at radius 1 is 1.24 bits per heavy atom. The van der Waals surface area contributed by atoms with Gasteiger partial charge in [0.25, 0.3) is 0 Å². The first-order valence-corrected chi connectivity index (χ1v) is 12.8. The van der Waals surface area contributed by atoms with Gasteiger partial charge in [-0.25, -0.2) is 13.1 Å². The molecular formula is C22H30INO4S. The quantitative estimate of drug-likeness (QED) is 0.272. The fourth-order valence-electron chi connectivity index (χ4n) is 5.03. The van der Waals surface area contributed by atoms with Crippen LogP contribution in [0, 0.1) is 26.7 Å². The number of hydrogen-bond acceptors (Lipinski definition) is 3. The minimum absolute atomic E-state index is 0.0558. The third kappa shape index (κ3) is 5.22. The summed E-state index contributed by atoms with van der Waals surface area (Å²) in [6, 6.07) is 6.89. The van der Waals surface area contributed by atoms with Crippen molar-refractivity contribution >= 4 is 38.6 Å². The number of allylic oxidation sites excluding steroid dienone is 2. The maximum atomic E-state index is 12.9. The van der Waals surface area contributed by atoms with Crippen LogP contribution < -0.4 is 4.72 Å². The topological polar surface area (TPSA) is 83.5 Å². The van der Waals surface area contributed by atoms with Crippen molar-refractivity contribution in [1.82, 2.24) is 4.72 Å². The average molecular weight is 531 g/mol. The summed E-state index contributed by atoms with van der Waals surface area (Å²) in [5, 5.41) is 8.73. The number of benzene rings is 1. The van der Waals surface area contributed by atoms with Gasteiger partial charge in [0, 0.05) is 16.0 Å². The van der Waals surface area contributed by atoms with Crippen molar-refractivity contribution in [3.8, 4) is 0 Å². The van der Waals surface area contributed by atoms with Gasteiger partial charge in [0.2, 0.25) is 10.0 Å². The van der Waals surface area contributed by atoms with Crippen LogP contribution in [0.1, 0.15) is 52.4 Å². The van der Waals surface area contributed by atoms with E-state index in [1.807, 2.05) is 18.2 Å². The third-order valence-corrected chi connectivity index (χ3v) is 9.11. The van der Waals surface area contributed by atoms with Crippen molar-refractivity contribution in [3.63, 3.8) is 0 Å². The molecule has 2 bridgehead atoms. The lowest BCUT2D eigenvalue weighted by molar-refractivity contribution is -0.137.